The summed E-state index contributed by atoms with van der Waals surface area (Å²) >= 11 is 0. The molecular weight excluding hydrogens is 447 g/mol. The van der Waals surface area contributed by atoms with Crippen LogP contribution in [-0.2, 0) is 27.7 Å². The van der Waals surface area contributed by atoms with Crippen LogP contribution >= 0.6 is 0 Å². The quantitative estimate of drug-likeness (QED) is 0.420. The predicted molar refractivity (Wildman–Crippen MR) is 135 cm³/mol. The van der Waals surface area contributed by atoms with Crippen molar-refractivity contribution >= 4 is 23.1 Å². The number of carbonyl (C=O) groups is 1. The molecule has 1 unspecified atom stereocenters. The average molecular weight is 481 g/mol. The Morgan fingerprint density at radius 2 is 2.03 bits per heavy atom. The predicted octanol–water partition coefficient (Wildman–Crippen LogP) is 5.99. The number of pyridine rings is 1. The molecule has 0 aliphatic carbocycles. The number of methoxy groups -OCH3 is 1. The van der Waals surface area contributed by atoms with Crippen LogP contribution < -0.4 is 4.74 Å². The van der Waals surface area contributed by atoms with Gasteiger partial charge in [-0.3, -0.25) is 0 Å². The van der Waals surface area contributed by atoms with Crippen LogP contribution in [0.15, 0.2) is 18.7 Å². The fourth-order valence-electron chi connectivity index (χ4n) is 4.89. The summed E-state index contributed by atoms with van der Waals surface area (Å²) in [6, 6.07) is 3.47. The van der Waals surface area contributed by atoms with E-state index in [-0.39, 0.29) is 0 Å². The van der Waals surface area contributed by atoms with Gasteiger partial charge in [-0.2, -0.15) is 0 Å². The summed E-state index contributed by atoms with van der Waals surface area (Å²) in [4.78, 5) is 17.9. The third kappa shape index (κ3) is 4.33. The van der Waals surface area contributed by atoms with Gasteiger partial charge in [0.25, 0.3) is 0 Å². The van der Waals surface area contributed by atoms with Crippen molar-refractivity contribution in [2.75, 3.05) is 13.7 Å². The van der Waals surface area contributed by atoms with Crippen LogP contribution in [-0.4, -0.2) is 34.8 Å². The number of esters is 1. The number of aromatic nitrogens is 2. The van der Waals surface area contributed by atoms with E-state index < -0.39 is 23.5 Å². The molecule has 1 aliphatic heterocycles. The second kappa shape index (κ2) is 9.11. The van der Waals surface area contributed by atoms with E-state index in [1.54, 1.807) is 6.08 Å². The minimum atomic E-state index is -1.05. The van der Waals surface area contributed by atoms with Crippen molar-refractivity contribution in [2.24, 2.45) is 7.05 Å². The SMILES string of the molecule is C=Cc1cc2c(-c3cc(F)c4c(c3C)CCCO4)c(C(OC(C)(C)C)C(=O)OC)c(C)nc2n1C. The van der Waals surface area contributed by atoms with Crippen LogP contribution in [0.3, 0.4) is 0 Å². The van der Waals surface area contributed by atoms with Gasteiger partial charge in [-0.25, -0.2) is 14.2 Å². The number of halogens is 1. The molecule has 0 radical (unpaired) electrons. The monoisotopic (exact) mass is 480 g/mol. The zero-order chi connectivity index (χ0) is 25.7. The van der Waals surface area contributed by atoms with E-state index in [1.165, 1.54) is 13.2 Å². The number of hydrogen-bond acceptors (Lipinski definition) is 5. The molecule has 6 nitrogen and oxygen atoms in total. The second-order valence-electron chi connectivity index (χ2n) is 9.98. The van der Waals surface area contributed by atoms with Gasteiger partial charge in [0.15, 0.2) is 17.7 Å². The topological polar surface area (TPSA) is 62.6 Å². The number of rotatable bonds is 5. The van der Waals surface area contributed by atoms with Gasteiger partial charge in [-0.15, -0.1) is 0 Å². The number of ether oxygens (including phenoxy) is 3. The highest BCUT2D eigenvalue weighted by molar-refractivity contribution is 6.00. The van der Waals surface area contributed by atoms with Crippen molar-refractivity contribution in [3.63, 3.8) is 0 Å². The fourth-order valence-corrected chi connectivity index (χ4v) is 4.89. The summed E-state index contributed by atoms with van der Waals surface area (Å²) in [5, 5.41) is 0.786. The van der Waals surface area contributed by atoms with E-state index in [0.29, 0.717) is 40.4 Å². The third-order valence-corrected chi connectivity index (χ3v) is 6.50. The van der Waals surface area contributed by atoms with Gasteiger partial charge in [0, 0.05) is 40.5 Å². The highest BCUT2D eigenvalue weighted by Gasteiger charge is 2.35. The number of carbonyl (C=O) groups excluding carboxylic acids is 1. The summed E-state index contributed by atoms with van der Waals surface area (Å²) in [7, 11) is 3.24. The van der Waals surface area contributed by atoms with Gasteiger partial charge in [-0.05, 0) is 76.8 Å². The van der Waals surface area contributed by atoms with Crippen molar-refractivity contribution in [1.29, 1.82) is 0 Å². The van der Waals surface area contributed by atoms with Crippen molar-refractivity contribution in [3.8, 4) is 16.9 Å². The number of fused-ring (bicyclic) bond motifs is 2. The minimum absolute atomic E-state index is 0.316. The Kier molecular flexibility index (Phi) is 6.49. The van der Waals surface area contributed by atoms with Crippen molar-refractivity contribution < 1.29 is 23.4 Å². The maximum Gasteiger partial charge on any atom is 0.339 e. The summed E-state index contributed by atoms with van der Waals surface area (Å²) in [6.45, 7) is 13.9. The molecule has 0 saturated carbocycles. The molecule has 1 aliphatic rings. The first-order valence-electron chi connectivity index (χ1n) is 11.8. The molecule has 0 fully saturated rings. The Morgan fingerprint density at radius 1 is 1.31 bits per heavy atom. The molecule has 0 saturated heterocycles. The average Bonchev–Trinajstić information content (AvgIpc) is 3.13. The van der Waals surface area contributed by atoms with Crippen LogP contribution in [0.5, 0.6) is 5.75 Å². The van der Waals surface area contributed by atoms with Gasteiger partial charge in [-0.1, -0.05) is 6.58 Å². The molecule has 0 bridgehead atoms. The van der Waals surface area contributed by atoms with Crippen LogP contribution in [0.1, 0.15) is 61.4 Å². The van der Waals surface area contributed by atoms with Gasteiger partial charge in [0.1, 0.15) is 5.65 Å². The highest BCUT2D eigenvalue weighted by Crippen LogP contribution is 2.45. The minimum Gasteiger partial charge on any atom is -0.490 e. The summed E-state index contributed by atoms with van der Waals surface area (Å²) in [6.07, 6.45) is 2.24. The first kappa shape index (κ1) is 24.9. The normalized spacial score (nSPS) is 14.4. The Labute approximate surface area is 205 Å². The molecule has 186 valence electrons. The van der Waals surface area contributed by atoms with Crippen molar-refractivity contribution in [2.45, 2.75) is 59.2 Å². The molecule has 35 heavy (non-hydrogen) atoms. The summed E-state index contributed by atoms with van der Waals surface area (Å²) in [5.74, 6) is -0.638. The van der Waals surface area contributed by atoms with Crippen LogP contribution in [0.2, 0.25) is 0 Å². The molecule has 3 heterocycles. The summed E-state index contributed by atoms with van der Waals surface area (Å²) in [5.41, 5.74) is 5.26. The van der Waals surface area contributed by atoms with E-state index in [1.807, 2.05) is 52.3 Å². The lowest BCUT2D eigenvalue weighted by Gasteiger charge is -2.29. The zero-order valence-electron chi connectivity index (χ0n) is 21.5. The molecule has 1 aromatic carbocycles. The van der Waals surface area contributed by atoms with Crippen LogP contribution in [0, 0.1) is 19.7 Å². The second-order valence-corrected chi connectivity index (χ2v) is 9.98. The molecular formula is C28H33FN2O4. The lowest BCUT2D eigenvalue weighted by Crippen LogP contribution is -2.29. The maximum absolute atomic E-state index is 15.4. The first-order chi connectivity index (χ1) is 16.5. The number of aryl methyl sites for hydroxylation is 2. The Bertz CT molecular complexity index is 1330. The third-order valence-electron chi connectivity index (χ3n) is 6.50. The van der Waals surface area contributed by atoms with Crippen LogP contribution in [0.4, 0.5) is 4.39 Å². The van der Waals surface area contributed by atoms with Gasteiger partial charge >= 0.3 is 5.97 Å². The highest BCUT2D eigenvalue weighted by atomic mass is 19.1. The molecule has 3 aromatic rings. The first-order valence-corrected chi connectivity index (χ1v) is 11.8. The van der Waals surface area contributed by atoms with E-state index in [2.05, 4.69) is 6.58 Å². The van der Waals surface area contributed by atoms with Crippen molar-refractivity contribution in [1.82, 2.24) is 9.55 Å². The molecule has 4 rings (SSSR count). The van der Waals surface area contributed by atoms with E-state index in [9.17, 15) is 4.79 Å². The smallest absolute Gasteiger partial charge is 0.339 e. The molecule has 0 spiro atoms. The molecule has 1 atom stereocenters. The van der Waals surface area contributed by atoms with Crippen LogP contribution in [0.25, 0.3) is 28.2 Å². The molecule has 2 aromatic heterocycles. The number of benzene rings is 1. The van der Waals surface area contributed by atoms with Crippen molar-refractivity contribution in [3.05, 3.63) is 52.6 Å². The maximum atomic E-state index is 15.4. The summed E-state index contributed by atoms with van der Waals surface area (Å²) < 4.78 is 34.4. The lowest BCUT2D eigenvalue weighted by molar-refractivity contribution is -0.164. The zero-order valence-corrected chi connectivity index (χ0v) is 21.5. The Morgan fingerprint density at radius 3 is 2.66 bits per heavy atom. The van der Waals surface area contributed by atoms with E-state index in [4.69, 9.17) is 19.2 Å². The Hall–Kier alpha value is -3.19. The van der Waals surface area contributed by atoms with Gasteiger partial charge in [0.05, 0.1) is 19.3 Å². The number of hydrogen-bond donors (Lipinski definition) is 0. The van der Waals surface area contributed by atoms with E-state index >= 15 is 4.39 Å². The largest absolute Gasteiger partial charge is 0.490 e. The van der Waals surface area contributed by atoms with Gasteiger partial charge < -0.3 is 18.8 Å². The fraction of sp³-hybridized carbons (Fsp3) is 0.429. The number of nitrogens with zero attached hydrogens (tertiary/aromatic N) is 2. The Balaban J connectivity index is 2.15. The lowest BCUT2D eigenvalue weighted by atomic mass is 9.86. The van der Waals surface area contributed by atoms with E-state index in [0.717, 1.165) is 35.0 Å². The molecule has 0 N–H and O–H groups in total. The standard InChI is InChI=1S/C28H33FN2O4/c1-9-17-13-20-23(19-14-21(29)24-18(15(19)2)11-10-12-34-24)22(16(3)30-26(20)31(17)7)25(27(32)33-8)35-28(4,5)6/h9,13-14,25H,1,10-12H2,2-8H3. The molecule has 7 heteroatoms. The van der Waals surface area contributed by atoms with Gasteiger partial charge in [0.2, 0.25) is 0 Å². The molecule has 0 amide bonds.